The van der Waals surface area contributed by atoms with Gasteiger partial charge in [0.1, 0.15) is 5.75 Å². The van der Waals surface area contributed by atoms with Gasteiger partial charge in [-0.15, -0.1) is 0 Å². The summed E-state index contributed by atoms with van der Waals surface area (Å²) in [6.45, 7) is 4.06. The van der Waals surface area contributed by atoms with Crippen LogP contribution >= 0.6 is 0 Å². The predicted molar refractivity (Wildman–Crippen MR) is 72.5 cm³/mol. The standard InChI is InChI=1S/C14H20N2O3/c1-10(17)16-9-8-14(2,15(3)18)11-6-5-7-12(19-4)13(11)16/h5-7,18H,8-9H2,1-4H3. The number of anilines is 1. The predicted octanol–water partition coefficient (Wildman–Crippen LogP) is 1.99. The molecular formula is C14H20N2O3. The third kappa shape index (κ3) is 2.09. The monoisotopic (exact) mass is 264 g/mol. The lowest BCUT2D eigenvalue weighted by atomic mass is 9.83. The minimum atomic E-state index is -0.518. The number of amides is 1. The van der Waals surface area contributed by atoms with E-state index in [-0.39, 0.29) is 5.91 Å². The average Bonchev–Trinajstić information content (AvgIpc) is 2.38. The SMILES string of the molecule is COc1cccc2c1N(C(C)=O)CCC2(C)N(C)O. The summed E-state index contributed by atoms with van der Waals surface area (Å²) < 4.78 is 5.37. The van der Waals surface area contributed by atoms with Crippen LogP contribution in [0.4, 0.5) is 5.69 Å². The second kappa shape index (κ2) is 4.83. The zero-order chi connectivity index (χ0) is 14.2. The molecule has 1 heterocycles. The van der Waals surface area contributed by atoms with Crippen molar-refractivity contribution in [3.05, 3.63) is 23.8 Å². The minimum absolute atomic E-state index is 0.0200. The Kier molecular flexibility index (Phi) is 3.52. The van der Waals surface area contributed by atoms with Crippen molar-refractivity contribution in [3.8, 4) is 5.75 Å². The highest BCUT2D eigenvalue weighted by Gasteiger charge is 2.40. The van der Waals surface area contributed by atoms with Crippen molar-refractivity contribution in [2.75, 3.05) is 25.6 Å². The zero-order valence-electron chi connectivity index (χ0n) is 11.8. The van der Waals surface area contributed by atoms with Gasteiger partial charge in [0.15, 0.2) is 0 Å². The largest absolute Gasteiger partial charge is 0.495 e. The van der Waals surface area contributed by atoms with Crippen LogP contribution in [0, 0.1) is 0 Å². The van der Waals surface area contributed by atoms with E-state index in [1.165, 1.54) is 5.06 Å². The summed E-state index contributed by atoms with van der Waals surface area (Å²) in [5, 5.41) is 11.2. The summed E-state index contributed by atoms with van der Waals surface area (Å²) in [5.41, 5.74) is 1.14. The van der Waals surface area contributed by atoms with Gasteiger partial charge in [-0.2, -0.15) is 5.06 Å². The van der Waals surface area contributed by atoms with Gasteiger partial charge in [0, 0.05) is 26.1 Å². The summed E-state index contributed by atoms with van der Waals surface area (Å²) in [6.07, 6.45) is 0.666. The van der Waals surface area contributed by atoms with E-state index in [0.717, 1.165) is 11.3 Å². The van der Waals surface area contributed by atoms with Crippen LogP contribution in [0.3, 0.4) is 0 Å². The molecule has 0 bridgehead atoms. The van der Waals surface area contributed by atoms with Crippen molar-refractivity contribution in [3.63, 3.8) is 0 Å². The molecule has 5 nitrogen and oxygen atoms in total. The lowest BCUT2D eigenvalue weighted by Gasteiger charge is -2.44. The van der Waals surface area contributed by atoms with E-state index in [9.17, 15) is 10.0 Å². The van der Waals surface area contributed by atoms with Crippen LogP contribution in [0.1, 0.15) is 25.8 Å². The van der Waals surface area contributed by atoms with E-state index >= 15 is 0 Å². The molecule has 0 radical (unpaired) electrons. The van der Waals surface area contributed by atoms with Gasteiger partial charge < -0.3 is 14.8 Å². The first kappa shape index (κ1) is 13.8. The van der Waals surface area contributed by atoms with E-state index in [0.29, 0.717) is 18.7 Å². The zero-order valence-corrected chi connectivity index (χ0v) is 11.8. The molecule has 1 unspecified atom stereocenters. The summed E-state index contributed by atoms with van der Waals surface area (Å²) in [5.74, 6) is 0.633. The molecule has 1 N–H and O–H groups in total. The van der Waals surface area contributed by atoms with E-state index in [4.69, 9.17) is 4.74 Å². The lowest BCUT2D eigenvalue weighted by Crippen LogP contribution is -2.48. The Hall–Kier alpha value is -1.59. The summed E-state index contributed by atoms with van der Waals surface area (Å²) in [7, 11) is 3.22. The molecule has 0 fully saturated rings. The van der Waals surface area contributed by atoms with Crippen LogP contribution in [0.2, 0.25) is 0 Å². The van der Waals surface area contributed by atoms with Gasteiger partial charge in [0.25, 0.3) is 0 Å². The highest BCUT2D eigenvalue weighted by molar-refractivity contribution is 5.95. The fraction of sp³-hybridized carbons (Fsp3) is 0.500. The van der Waals surface area contributed by atoms with Gasteiger partial charge in [0.2, 0.25) is 5.91 Å². The van der Waals surface area contributed by atoms with E-state index < -0.39 is 5.54 Å². The number of ether oxygens (including phenoxy) is 1. The van der Waals surface area contributed by atoms with Crippen molar-refractivity contribution < 1.29 is 14.7 Å². The number of hydroxylamine groups is 2. The first-order chi connectivity index (χ1) is 8.91. The van der Waals surface area contributed by atoms with Crippen molar-refractivity contribution in [2.45, 2.75) is 25.8 Å². The molecule has 0 spiro atoms. The molecule has 0 saturated heterocycles. The van der Waals surface area contributed by atoms with Crippen LogP contribution in [-0.2, 0) is 10.3 Å². The van der Waals surface area contributed by atoms with Crippen LogP contribution in [0.5, 0.6) is 5.75 Å². The number of methoxy groups -OCH3 is 1. The number of benzene rings is 1. The maximum absolute atomic E-state index is 11.8. The fourth-order valence-electron chi connectivity index (χ4n) is 2.63. The normalized spacial score (nSPS) is 22.3. The average molecular weight is 264 g/mol. The third-order valence-electron chi connectivity index (χ3n) is 3.99. The van der Waals surface area contributed by atoms with Crippen LogP contribution < -0.4 is 9.64 Å². The van der Waals surface area contributed by atoms with Crippen LogP contribution in [0.15, 0.2) is 18.2 Å². The van der Waals surface area contributed by atoms with Crippen molar-refractivity contribution in [1.29, 1.82) is 0 Å². The van der Waals surface area contributed by atoms with Gasteiger partial charge in [0.05, 0.1) is 18.3 Å². The number of carbonyl (C=O) groups is 1. The number of rotatable bonds is 2. The second-order valence-corrected chi connectivity index (χ2v) is 5.07. The Morgan fingerprint density at radius 3 is 2.74 bits per heavy atom. The maximum Gasteiger partial charge on any atom is 0.223 e. The topological polar surface area (TPSA) is 53.0 Å². The lowest BCUT2D eigenvalue weighted by molar-refractivity contribution is -0.154. The molecule has 1 aliphatic rings. The van der Waals surface area contributed by atoms with E-state index in [1.54, 1.807) is 26.0 Å². The van der Waals surface area contributed by atoms with Gasteiger partial charge in [-0.25, -0.2) is 0 Å². The molecule has 0 aromatic heterocycles. The molecule has 2 rings (SSSR count). The van der Waals surface area contributed by atoms with E-state index in [1.807, 2.05) is 25.1 Å². The number of nitrogens with zero attached hydrogens (tertiary/aromatic N) is 2. The molecule has 19 heavy (non-hydrogen) atoms. The van der Waals surface area contributed by atoms with Crippen molar-refractivity contribution in [1.82, 2.24) is 5.06 Å². The summed E-state index contributed by atoms with van der Waals surface area (Å²) in [4.78, 5) is 13.5. The molecule has 104 valence electrons. The van der Waals surface area contributed by atoms with E-state index in [2.05, 4.69) is 0 Å². The van der Waals surface area contributed by atoms with Gasteiger partial charge >= 0.3 is 0 Å². The summed E-state index contributed by atoms with van der Waals surface area (Å²) in [6, 6.07) is 5.64. The number of hydrogen-bond acceptors (Lipinski definition) is 4. The molecule has 0 saturated carbocycles. The van der Waals surface area contributed by atoms with Crippen LogP contribution in [-0.4, -0.2) is 36.9 Å². The quantitative estimate of drug-likeness (QED) is 0.830. The number of para-hydroxylation sites is 1. The number of hydrogen-bond donors (Lipinski definition) is 1. The maximum atomic E-state index is 11.8. The van der Waals surface area contributed by atoms with Gasteiger partial charge in [-0.3, -0.25) is 4.79 Å². The summed E-state index contributed by atoms with van der Waals surface area (Å²) >= 11 is 0. The third-order valence-corrected chi connectivity index (χ3v) is 3.99. The van der Waals surface area contributed by atoms with Crippen molar-refractivity contribution >= 4 is 11.6 Å². The Balaban J connectivity index is 2.66. The highest BCUT2D eigenvalue weighted by atomic mass is 16.5. The Morgan fingerprint density at radius 1 is 1.53 bits per heavy atom. The van der Waals surface area contributed by atoms with Gasteiger partial charge in [-0.1, -0.05) is 12.1 Å². The van der Waals surface area contributed by atoms with Gasteiger partial charge in [-0.05, 0) is 19.4 Å². The molecule has 0 aliphatic carbocycles. The minimum Gasteiger partial charge on any atom is -0.495 e. The Labute approximate surface area is 113 Å². The first-order valence-corrected chi connectivity index (χ1v) is 6.30. The Bertz CT molecular complexity index is 501. The van der Waals surface area contributed by atoms with Crippen LogP contribution in [0.25, 0.3) is 0 Å². The molecular weight excluding hydrogens is 244 g/mol. The highest BCUT2D eigenvalue weighted by Crippen LogP contribution is 2.45. The second-order valence-electron chi connectivity index (χ2n) is 5.07. The van der Waals surface area contributed by atoms with Crippen molar-refractivity contribution in [2.24, 2.45) is 0 Å². The first-order valence-electron chi connectivity index (χ1n) is 6.30. The number of fused-ring (bicyclic) bond motifs is 1. The molecule has 1 aromatic carbocycles. The Morgan fingerprint density at radius 2 is 2.21 bits per heavy atom. The molecule has 1 aromatic rings. The number of carbonyl (C=O) groups excluding carboxylic acids is 1. The molecule has 5 heteroatoms. The molecule has 1 aliphatic heterocycles. The molecule has 1 amide bonds. The smallest absolute Gasteiger partial charge is 0.223 e. The molecule has 1 atom stereocenters. The fourth-order valence-corrected chi connectivity index (χ4v) is 2.63.